The molecule has 0 aliphatic heterocycles. The molecule has 0 N–H and O–H groups in total. The van der Waals surface area contributed by atoms with E-state index in [2.05, 4.69) is 4.57 Å². The van der Waals surface area contributed by atoms with Crippen molar-refractivity contribution in [3.8, 4) is 0 Å². The minimum Gasteiger partial charge on any atom is -0.462 e. The number of ether oxygens (including phenoxy) is 2. The number of carbonyl (C=O) groups excluding carboxylic acids is 1. The minimum absolute atomic E-state index is 0.193. The molecule has 0 aliphatic rings. The van der Waals surface area contributed by atoms with Crippen molar-refractivity contribution in [2.75, 3.05) is 13.2 Å². The van der Waals surface area contributed by atoms with Gasteiger partial charge >= 0.3 is 5.97 Å². The fourth-order valence-corrected chi connectivity index (χ4v) is 4.08. The molecule has 0 atom stereocenters. The Morgan fingerprint density at radius 1 is 1.23 bits per heavy atom. The van der Waals surface area contributed by atoms with E-state index in [1.54, 1.807) is 36.9 Å². The van der Waals surface area contributed by atoms with E-state index in [0.29, 0.717) is 24.5 Å². The maximum Gasteiger partial charge on any atom is 0.338 e. The van der Waals surface area contributed by atoms with Crippen molar-refractivity contribution in [1.29, 1.82) is 0 Å². The third-order valence-corrected chi connectivity index (χ3v) is 5.51. The predicted molar refractivity (Wildman–Crippen MR) is 117 cm³/mol. The molecule has 0 saturated carbocycles. The fraction of sp³-hybridized carbons (Fsp3) is 0.391. The quantitative estimate of drug-likeness (QED) is 0.243. The van der Waals surface area contributed by atoms with Crippen molar-refractivity contribution >= 4 is 28.8 Å². The Bertz CT molecular complexity index is 1000. The lowest BCUT2D eigenvalue weighted by Crippen LogP contribution is -2.08. The molecule has 3 rings (SSSR count). The molecule has 5 nitrogen and oxygen atoms in total. The smallest absolute Gasteiger partial charge is 0.338 e. The zero-order chi connectivity index (χ0) is 21.5. The molecule has 1 heterocycles. The van der Waals surface area contributed by atoms with Crippen LogP contribution < -0.4 is 0 Å². The molecule has 2 aromatic carbocycles. The molecule has 30 heavy (non-hydrogen) atoms. The van der Waals surface area contributed by atoms with Crippen LogP contribution in [0.1, 0.15) is 43.1 Å². The summed E-state index contributed by atoms with van der Waals surface area (Å²) in [5.74, 6) is 0.00802. The van der Waals surface area contributed by atoms with E-state index in [0.717, 1.165) is 34.7 Å². The Morgan fingerprint density at radius 2 is 2.07 bits per heavy atom. The summed E-state index contributed by atoms with van der Waals surface area (Å²) < 4.78 is 26.4. The van der Waals surface area contributed by atoms with Gasteiger partial charge in [0.15, 0.2) is 5.16 Å². The van der Waals surface area contributed by atoms with Crippen LogP contribution in [0, 0.1) is 5.82 Å². The van der Waals surface area contributed by atoms with E-state index in [9.17, 15) is 9.18 Å². The van der Waals surface area contributed by atoms with Gasteiger partial charge in [-0.05, 0) is 63.1 Å². The predicted octanol–water partition coefficient (Wildman–Crippen LogP) is 5.46. The summed E-state index contributed by atoms with van der Waals surface area (Å²) in [5.41, 5.74) is 3.08. The van der Waals surface area contributed by atoms with Crippen molar-refractivity contribution in [3.63, 3.8) is 0 Å². The number of hydrogen-bond acceptors (Lipinski definition) is 5. The normalized spacial score (nSPS) is 11.4. The third kappa shape index (κ3) is 5.83. The van der Waals surface area contributed by atoms with Gasteiger partial charge in [0.25, 0.3) is 0 Å². The van der Waals surface area contributed by atoms with Crippen LogP contribution in [0.3, 0.4) is 0 Å². The van der Waals surface area contributed by atoms with E-state index in [-0.39, 0.29) is 17.9 Å². The van der Waals surface area contributed by atoms with E-state index in [1.165, 1.54) is 12.1 Å². The van der Waals surface area contributed by atoms with Crippen molar-refractivity contribution in [2.45, 2.75) is 50.8 Å². The molecule has 0 unspecified atom stereocenters. The minimum atomic E-state index is -0.353. The molecule has 7 heteroatoms. The molecule has 1 aromatic heterocycles. The third-order valence-electron chi connectivity index (χ3n) is 4.46. The maximum atomic E-state index is 13.5. The second-order valence-corrected chi connectivity index (χ2v) is 8.10. The van der Waals surface area contributed by atoms with Gasteiger partial charge in [-0.2, -0.15) is 0 Å². The average molecular weight is 431 g/mol. The zero-order valence-electron chi connectivity index (χ0n) is 17.6. The van der Waals surface area contributed by atoms with Gasteiger partial charge in [-0.15, -0.1) is 0 Å². The number of carbonyl (C=O) groups is 1. The highest BCUT2D eigenvalue weighted by Crippen LogP contribution is 2.28. The molecular weight excluding hydrogens is 403 g/mol. The zero-order valence-corrected chi connectivity index (χ0v) is 18.4. The summed E-state index contributed by atoms with van der Waals surface area (Å²) in [6, 6.07) is 12.0. The lowest BCUT2D eigenvalue weighted by atomic mass is 10.2. The van der Waals surface area contributed by atoms with E-state index in [4.69, 9.17) is 14.5 Å². The number of halogens is 1. The van der Waals surface area contributed by atoms with Gasteiger partial charge < -0.3 is 14.0 Å². The van der Waals surface area contributed by atoms with Gasteiger partial charge in [0.1, 0.15) is 5.82 Å². The molecule has 0 amide bonds. The second kappa shape index (κ2) is 10.6. The molecular formula is C23H27FN2O3S. The monoisotopic (exact) mass is 430 g/mol. The Morgan fingerprint density at radius 3 is 2.80 bits per heavy atom. The first-order chi connectivity index (χ1) is 14.5. The van der Waals surface area contributed by atoms with Gasteiger partial charge in [-0.1, -0.05) is 23.9 Å². The maximum absolute atomic E-state index is 13.5. The van der Waals surface area contributed by atoms with Crippen molar-refractivity contribution < 1.29 is 18.7 Å². The Labute approximate surface area is 180 Å². The van der Waals surface area contributed by atoms with Crippen molar-refractivity contribution in [1.82, 2.24) is 9.55 Å². The van der Waals surface area contributed by atoms with E-state index >= 15 is 0 Å². The summed E-state index contributed by atoms with van der Waals surface area (Å²) >= 11 is 1.55. The van der Waals surface area contributed by atoms with Gasteiger partial charge in [-0.25, -0.2) is 14.2 Å². The van der Waals surface area contributed by atoms with Crippen molar-refractivity contribution in [2.24, 2.45) is 0 Å². The first-order valence-corrected chi connectivity index (χ1v) is 11.1. The summed E-state index contributed by atoms with van der Waals surface area (Å²) in [5, 5.41) is 0.833. The van der Waals surface area contributed by atoms with Crippen LogP contribution in [0.4, 0.5) is 4.39 Å². The Balaban J connectivity index is 1.85. The summed E-state index contributed by atoms with van der Waals surface area (Å²) in [6.45, 7) is 7.55. The number of esters is 1. The topological polar surface area (TPSA) is 53.3 Å². The highest BCUT2D eigenvalue weighted by molar-refractivity contribution is 7.98. The van der Waals surface area contributed by atoms with Crippen LogP contribution in [-0.2, 0) is 21.8 Å². The Hall–Kier alpha value is -2.38. The molecule has 0 aliphatic carbocycles. The highest BCUT2D eigenvalue weighted by Gasteiger charge is 2.15. The SMILES string of the molecule is CCOC(=O)c1ccc2c(c1)nc(SCc1cccc(F)c1)n2CCCOC(C)C. The fourth-order valence-electron chi connectivity index (χ4n) is 3.09. The van der Waals surface area contributed by atoms with Crippen molar-refractivity contribution in [3.05, 3.63) is 59.4 Å². The summed E-state index contributed by atoms with van der Waals surface area (Å²) in [6.07, 6.45) is 1.04. The first-order valence-electron chi connectivity index (χ1n) is 10.1. The van der Waals surface area contributed by atoms with E-state index in [1.807, 2.05) is 26.0 Å². The van der Waals surface area contributed by atoms with Crippen LogP contribution >= 0.6 is 11.8 Å². The number of hydrogen-bond donors (Lipinski definition) is 0. The van der Waals surface area contributed by atoms with Crippen LogP contribution in [0.15, 0.2) is 47.6 Å². The number of aryl methyl sites for hydroxylation is 1. The lowest BCUT2D eigenvalue weighted by Gasteiger charge is -2.11. The van der Waals surface area contributed by atoms with Crippen LogP contribution in [0.2, 0.25) is 0 Å². The molecule has 160 valence electrons. The molecule has 0 spiro atoms. The number of aromatic nitrogens is 2. The lowest BCUT2D eigenvalue weighted by molar-refractivity contribution is 0.0526. The van der Waals surface area contributed by atoms with Gasteiger partial charge in [0.2, 0.25) is 0 Å². The largest absolute Gasteiger partial charge is 0.462 e. The Kier molecular flexibility index (Phi) is 7.87. The first kappa shape index (κ1) is 22.3. The molecule has 0 bridgehead atoms. The highest BCUT2D eigenvalue weighted by atomic mass is 32.2. The summed E-state index contributed by atoms with van der Waals surface area (Å²) in [7, 11) is 0. The summed E-state index contributed by atoms with van der Waals surface area (Å²) in [4.78, 5) is 16.8. The number of rotatable bonds is 10. The standard InChI is InChI=1S/C23H27FN2O3S/c1-4-28-22(27)18-9-10-21-20(14-18)25-23(26(21)11-6-12-29-16(2)3)30-15-17-7-5-8-19(24)13-17/h5,7-10,13-14,16H,4,6,11-12,15H2,1-3H3. The van der Waals surface area contributed by atoms with Crippen LogP contribution in [0.25, 0.3) is 11.0 Å². The number of fused-ring (bicyclic) bond motifs is 1. The van der Waals surface area contributed by atoms with E-state index < -0.39 is 0 Å². The number of nitrogens with zero attached hydrogens (tertiary/aromatic N) is 2. The van der Waals surface area contributed by atoms with Crippen LogP contribution in [-0.4, -0.2) is 34.8 Å². The number of benzene rings is 2. The number of thioether (sulfide) groups is 1. The molecule has 0 saturated heterocycles. The van der Waals surface area contributed by atoms with Gasteiger partial charge in [0, 0.05) is 18.9 Å². The second-order valence-electron chi connectivity index (χ2n) is 7.16. The molecule has 0 radical (unpaired) electrons. The average Bonchev–Trinajstić information content (AvgIpc) is 3.06. The van der Waals surface area contributed by atoms with Gasteiger partial charge in [-0.3, -0.25) is 0 Å². The van der Waals surface area contributed by atoms with Crippen LogP contribution in [0.5, 0.6) is 0 Å². The van der Waals surface area contributed by atoms with Gasteiger partial charge in [0.05, 0.1) is 29.3 Å². The molecule has 0 fully saturated rings. The molecule has 3 aromatic rings. The number of imidazole rings is 1.